The van der Waals surface area contributed by atoms with Crippen molar-refractivity contribution < 1.29 is 0 Å². The third-order valence-electron chi connectivity index (χ3n) is 2.00. The molecule has 0 spiro atoms. The second-order valence-electron chi connectivity index (χ2n) is 2.95. The molecule has 0 N–H and O–H groups in total. The Morgan fingerprint density at radius 1 is 1.53 bits per heavy atom. The molecule has 0 unspecified atom stereocenters. The van der Waals surface area contributed by atoms with Crippen LogP contribution >= 0.6 is 22.6 Å². The molecule has 0 fully saturated rings. The number of hydrogen-bond acceptors (Lipinski definition) is 3. The molecule has 0 bridgehead atoms. The number of hydrogen-bond donors (Lipinski definition) is 0. The van der Waals surface area contributed by atoms with E-state index < -0.39 is 0 Å². The maximum Gasteiger partial charge on any atom is 0.295 e. The molecule has 0 amide bonds. The number of halogens is 1. The summed E-state index contributed by atoms with van der Waals surface area (Å²) in [5, 5.41) is 4.06. The quantitative estimate of drug-likeness (QED) is 0.779. The lowest BCUT2D eigenvalue weighted by molar-refractivity contribution is 0.693. The zero-order chi connectivity index (χ0) is 10.8. The average Bonchev–Trinajstić information content (AvgIpc) is 2.65. The van der Waals surface area contributed by atoms with Crippen molar-refractivity contribution in [2.75, 3.05) is 0 Å². The molecular formula is C9H9IN4O. The molecule has 0 atom stereocenters. The van der Waals surface area contributed by atoms with Crippen LogP contribution in [0.5, 0.6) is 0 Å². The van der Waals surface area contributed by atoms with Crippen LogP contribution in [0, 0.1) is 3.57 Å². The summed E-state index contributed by atoms with van der Waals surface area (Å²) in [6.45, 7) is 2.55. The van der Waals surface area contributed by atoms with E-state index in [4.69, 9.17) is 0 Å². The fourth-order valence-corrected chi connectivity index (χ4v) is 1.65. The van der Waals surface area contributed by atoms with Gasteiger partial charge in [0.25, 0.3) is 5.56 Å². The van der Waals surface area contributed by atoms with Crippen LogP contribution in [-0.2, 0) is 6.54 Å². The van der Waals surface area contributed by atoms with Crippen molar-refractivity contribution in [1.82, 2.24) is 19.3 Å². The van der Waals surface area contributed by atoms with Crippen molar-refractivity contribution in [3.63, 3.8) is 0 Å². The Bertz CT molecular complexity index is 531. The summed E-state index contributed by atoms with van der Waals surface area (Å²) in [5.41, 5.74) is -0.125. The Hall–Kier alpha value is -1.18. The average molecular weight is 316 g/mol. The molecule has 5 nitrogen and oxygen atoms in total. The Morgan fingerprint density at radius 2 is 2.33 bits per heavy atom. The zero-order valence-electron chi connectivity index (χ0n) is 8.09. The van der Waals surface area contributed by atoms with Gasteiger partial charge in [-0.2, -0.15) is 5.10 Å². The topological polar surface area (TPSA) is 52.7 Å². The van der Waals surface area contributed by atoms with Gasteiger partial charge >= 0.3 is 0 Å². The fourth-order valence-electron chi connectivity index (χ4n) is 1.26. The van der Waals surface area contributed by atoms with E-state index in [9.17, 15) is 4.79 Å². The SMILES string of the molecule is CCn1ccnc(-n2cc(I)cn2)c1=O. The molecule has 0 radical (unpaired) electrons. The first-order chi connectivity index (χ1) is 7.22. The molecule has 0 aromatic carbocycles. The molecule has 0 aliphatic carbocycles. The van der Waals surface area contributed by atoms with Crippen molar-refractivity contribution in [2.24, 2.45) is 0 Å². The van der Waals surface area contributed by atoms with E-state index in [1.54, 1.807) is 29.4 Å². The smallest absolute Gasteiger partial charge is 0.295 e. The summed E-state index contributed by atoms with van der Waals surface area (Å²) >= 11 is 2.14. The van der Waals surface area contributed by atoms with Gasteiger partial charge < -0.3 is 4.57 Å². The molecule has 0 saturated carbocycles. The van der Waals surface area contributed by atoms with Gasteiger partial charge in [0.15, 0.2) is 0 Å². The number of aryl methyl sites for hydroxylation is 1. The number of rotatable bonds is 2. The summed E-state index contributed by atoms with van der Waals surface area (Å²) < 4.78 is 4.06. The summed E-state index contributed by atoms with van der Waals surface area (Å²) in [5.74, 6) is 0.335. The summed E-state index contributed by atoms with van der Waals surface area (Å²) in [4.78, 5) is 15.9. The summed E-state index contributed by atoms with van der Waals surface area (Å²) in [6, 6.07) is 0. The van der Waals surface area contributed by atoms with Crippen molar-refractivity contribution in [3.8, 4) is 5.82 Å². The second kappa shape index (κ2) is 4.13. The van der Waals surface area contributed by atoms with Crippen LogP contribution in [0.4, 0.5) is 0 Å². The lowest BCUT2D eigenvalue weighted by atomic mass is 10.5. The van der Waals surface area contributed by atoms with Crippen LogP contribution in [0.1, 0.15) is 6.92 Å². The summed E-state index contributed by atoms with van der Waals surface area (Å²) in [7, 11) is 0. The predicted molar refractivity (Wildman–Crippen MR) is 64.0 cm³/mol. The normalized spacial score (nSPS) is 10.5. The first kappa shape index (κ1) is 10.3. The highest BCUT2D eigenvalue weighted by Gasteiger charge is 2.06. The Balaban J connectivity index is 2.58. The maximum atomic E-state index is 11.8. The van der Waals surface area contributed by atoms with Gasteiger partial charge in [0, 0.05) is 25.1 Å². The van der Waals surface area contributed by atoms with E-state index in [0.717, 1.165) is 3.57 Å². The van der Waals surface area contributed by atoms with Crippen LogP contribution in [0.15, 0.2) is 29.6 Å². The molecule has 2 heterocycles. The Labute approximate surface area is 99.9 Å². The molecule has 78 valence electrons. The van der Waals surface area contributed by atoms with E-state index in [0.29, 0.717) is 12.4 Å². The highest BCUT2D eigenvalue weighted by molar-refractivity contribution is 14.1. The standard InChI is InChI=1S/C9H9IN4O/c1-2-13-4-3-11-8(9(13)15)14-6-7(10)5-12-14/h3-6H,2H2,1H3. The van der Waals surface area contributed by atoms with Crippen molar-refractivity contribution in [3.05, 3.63) is 38.7 Å². The van der Waals surface area contributed by atoms with Gasteiger partial charge in [-0.1, -0.05) is 0 Å². The van der Waals surface area contributed by atoms with Crippen LogP contribution in [-0.4, -0.2) is 19.3 Å². The van der Waals surface area contributed by atoms with E-state index in [-0.39, 0.29) is 5.56 Å². The molecule has 15 heavy (non-hydrogen) atoms. The van der Waals surface area contributed by atoms with Gasteiger partial charge in [-0.05, 0) is 29.5 Å². The molecule has 0 saturated heterocycles. The van der Waals surface area contributed by atoms with Gasteiger partial charge in [0.1, 0.15) is 0 Å². The van der Waals surface area contributed by atoms with E-state index in [1.165, 1.54) is 4.68 Å². The lowest BCUT2D eigenvalue weighted by Crippen LogP contribution is -2.24. The lowest BCUT2D eigenvalue weighted by Gasteiger charge is -2.03. The Kier molecular flexibility index (Phi) is 2.85. The minimum atomic E-state index is -0.125. The predicted octanol–water partition coefficient (Wildman–Crippen LogP) is 1.05. The minimum Gasteiger partial charge on any atom is -0.311 e. The largest absolute Gasteiger partial charge is 0.311 e. The highest BCUT2D eigenvalue weighted by atomic mass is 127. The number of aromatic nitrogens is 4. The van der Waals surface area contributed by atoms with Crippen molar-refractivity contribution in [1.29, 1.82) is 0 Å². The van der Waals surface area contributed by atoms with Gasteiger partial charge in [-0.25, -0.2) is 9.67 Å². The van der Waals surface area contributed by atoms with E-state index in [1.807, 2.05) is 6.92 Å². The molecule has 6 heteroatoms. The molecule has 0 aliphatic rings. The molecule has 0 aliphatic heterocycles. The first-order valence-electron chi connectivity index (χ1n) is 4.48. The third kappa shape index (κ3) is 1.94. The fraction of sp³-hybridized carbons (Fsp3) is 0.222. The first-order valence-corrected chi connectivity index (χ1v) is 5.56. The van der Waals surface area contributed by atoms with Crippen LogP contribution in [0.25, 0.3) is 5.82 Å². The second-order valence-corrected chi connectivity index (χ2v) is 4.19. The minimum absolute atomic E-state index is 0.125. The van der Waals surface area contributed by atoms with E-state index >= 15 is 0 Å². The molecule has 2 rings (SSSR count). The molecular weight excluding hydrogens is 307 g/mol. The van der Waals surface area contributed by atoms with Gasteiger partial charge in [0.05, 0.1) is 9.77 Å². The van der Waals surface area contributed by atoms with Gasteiger partial charge in [-0.15, -0.1) is 0 Å². The van der Waals surface area contributed by atoms with Crippen molar-refractivity contribution >= 4 is 22.6 Å². The van der Waals surface area contributed by atoms with Crippen LogP contribution in [0.3, 0.4) is 0 Å². The summed E-state index contributed by atoms with van der Waals surface area (Å²) in [6.07, 6.45) is 6.73. The van der Waals surface area contributed by atoms with E-state index in [2.05, 4.69) is 32.7 Å². The van der Waals surface area contributed by atoms with Crippen LogP contribution < -0.4 is 5.56 Å². The maximum absolute atomic E-state index is 11.8. The molecule has 2 aromatic heterocycles. The third-order valence-corrected chi connectivity index (χ3v) is 2.56. The Morgan fingerprint density at radius 3 is 2.93 bits per heavy atom. The van der Waals surface area contributed by atoms with Gasteiger partial charge in [-0.3, -0.25) is 4.79 Å². The highest BCUT2D eigenvalue weighted by Crippen LogP contribution is 2.03. The monoisotopic (exact) mass is 316 g/mol. The van der Waals surface area contributed by atoms with Crippen molar-refractivity contribution in [2.45, 2.75) is 13.5 Å². The molecule has 2 aromatic rings. The number of nitrogens with zero attached hydrogens (tertiary/aromatic N) is 4. The zero-order valence-corrected chi connectivity index (χ0v) is 10.2. The van der Waals surface area contributed by atoms with Crippen LogP contribution in [0.2, 0.25) is 0 Å². The van der Waals surface area contributed by atoms with Gasteiger partial charge in [0.2, 0.25) is 5.82 Å².